The van der Waals surface area contributed by atoms with Crippen molar-refractivity contribution in [3.8, 4) is 11.5 Å². The third-order valence-electron chi connectivity index (χ3n) is 4.87. The Bertz CT molecular complexity index is 1390. The van der Waals surface area contributed by atoms with Crippen molar-refractivity contribution in [2.24, 2.45) is 5.10 Å². The number of hydrogen-bond donors (Lipinski definition) is 0. The average molecular weight is 688 g/mol. The van der Waals surface area contributed by atoms with Gasteiger partial charge >= 0.3 is 5.97 Å². The van der Waals surface area contributed by atoms with Crippen molar-refractivity contribution in [3.63, 3.8) is 0 Å². The third-order valence-corrected chi connectivity index (χ3v) is 7.51. The summed E-state index contributed by atoms with van der Waals surface area (Å²) in [4.78, 5) is 30.1. The molecule has 1 heterocycles. The molecule has 0 aliphatic heterocycles. The first kappa shape index (κ1) is 28.3. The summed E-state index contributed by atoms with van der Waals surface area (Å²) in [5.41, 5.74) is 0.475. The van der Waals surface area contributed by atoms with Gasteiger partial charge in [-0.25, -0.2) is 9.78 Å². The van der Waals surface area contributed by atoms with Gasteiger partial charge in [-0.15, -0.1) is 0 Å². The number of rotatable bonds is 7. The van der Waals surface area contributed by atoms with Gasteiger partial charge in [-0.05, 0) is 70.0 Å². The van der Waals surface area contributed by atoms with E-state index >= 15 is 0 Å². The van der Waals surface area contributed by atoms with E-state index in [1.165, 1.54) is 18.0 Å². The van der Waals surface area contributed by atoms with Crippen molar-refractivity contribution in [3.05, 3.63) is 59.4 Å². The highest BCUT2D eigenvalue weighted by molar-refractivity contribution is 9.13. The summed E-state index contributed by atoms with van der Waals surface area (Å²) in [6, 6.07) is 7.07. The molecular weight excluding hydrogens is 662 g/mol. The van der Waals surface area contributed by atoms with E-state index in [1.807, 2.05) is 26.8 Å². The van der Waals surface area contributed by atoms with Crippen LogP contribution in [-0.4, -0.2) is 41.7 Å². The molecule has 0 unspecified atom stereocenters. The molecule has 0 spiro atoms. The molecule has 0 aliphatic carbocycles. The van der Waals surface area contributed by atoms with Gasteiger partial charge < -0.3 is 14.2 Å². The summed E-state index contributed by atoms with van der Waals surface area (Å²) in [5, 5.41) is 4.96. The lowest BCUT2D eigenvalue weighted by Crippen LogP contribution is -2.29. The molecule has 0 bridgehead atoms. The van der Waals surface area contributed by atoms with Crippen LogP contribution in [0.15, 0.2) is 47.6 Å². The lowest BCUT2D eigenvalue weighted by atomic mass is 9.95. The van der Waals surface area contributed by atoms with Crippen LogP contribution in [0.25, 0.3) is 10.9 Å². The van der Waals surface area contributed by atoms with Gasteiger partial charge in [-0.3, -0.25) is 4.79 Å². The minimum atomic E-state index is -0.495. The Kier molecular flexibility index (Phi) is 9.00. The van der Waals surface area contributed by atoms with Crippen molar-refractivity contribution in [1.29, 1.82) is 0 Å². The Hall–Kier alpha value is -2.24. The number of hydrogen-bond acceptors (Lipinski definition) is 7. The number of esters is 1. The van der Waals surface area contributed by atoms with Crippen molar-refractivity contribution in [2.45, 2.75) is 46.1 Å². The normalized spacial score (nSPS) is 11.9. The zero-order chi connectivity index (χ0) is 26.8. The first-order valence-electron chi connectivity index (χ1n) is 11.0. The van der Waals surface area contributed by atoms with Crippen molar-refractivity contribution in [1.82, 2.24) is 9.66 Å². The molecule has 0 aliphatic rings. The zero-order valence-electron chi connectivity index (χ0n) is 20.7. The van der Waals surface area contributed by atoms with Gasteiger partial charge in [0.15, 0.2) is 18.1 Å². The predicted octanol–water partition coefficient (Wildman–Crippen LogP) is 6.20. The number of benzene rings is 2. The SMILES string of the molecule is COc1cc(C=Nn2c(C(C)(C)C)nc3ccc(Br)cc3c2=O)c(Br)c(Br)c1OCC(=O)OC(C)C. The quantitative estimate of drug-likeness (QED) is 0.217. The molecule has 0 radical (unpaired) electrons. The van der Waals surface area contributed by atoms with Crippen LogP contribution in [0.1, 0.15) is 46.0 Å². The first-order valence-corrected chi connectivity index (χ1v) is 13.4. The molecule has 11 heteroatoms. The van der Waals surface area contributed by atoms with Crippen molar-refractivity contribution < 1.29 is 19.0 Å². The molecule has 0 saturated carbocycles. The standard InChI is InChI=1S/C25H26Br3N3O5/c1-13(2)36-19(32)12-35-22-18(34-6)9-14(20(27)21(22)28)11-29-31-23(33)16-10-15(26)7-8-17(16)30-24(31)25(3,4)5/h7-11,13H,12H2,1-6H3. The van der Waals surface area contributed by atoms with Gasteiger partial charge in [0.2, 0.25) is 0 Å². The molecule has 0 N–H and O–H groups in total. The molecule has 0 atom stereocenters. The lowest BCUT2D eigenvalue weighted by Gasteiger charge is -2.21. The molecule has 2 aromatic carbocycles. The van der Waals surface area contributed by atoms with Crippen LogP contribution in [0.3, 0.4) is 0 Å². The summed E-state index contributed by atoms with van der Waals surface area (Å²) < 4.78 is 19.5. The molecule has 1 aromatic heterocycles. The minimum absolute atomic E-state index is 0.246. The summed E-state index contributed by atoms with van der Waals surface area (Å²) >= 11 is 10.5. The monoisotopic (exact) mass is 685 g/mol. The Balaban J connectivity index is 2.07. The Morgan fingerprint density at radius 3 is 2.47 bits per heavy atom. The van der Waals surface area contributed by atoms with E-state index in [2.05, 4.69) is 52.9 Å². The van der Waals surface area contributed by atoms with E-state index in [0.29, 0.717) is 42.7 Å². The van der Waals surface area contributed by atoms with E-state index in [0.717, 1.165) is 4.47 Å². The molecule has 192 valence electrons. The summed E-state index contributed by atoms with van der Waals surface area (Å²) in [5.74, 6) is 0.717. The average Bonchev–Trinajstić information content (AvgIpc) is 2.79. The smallest absolute Gasteiger partial charge is 0.344 e. The van der Waals surface area contributed by atoms with Crippen LogP contribution in [0, 0.1) is 0 Å². The Labute approximate surface area is 234 Å². The fourth-order valence-corrected chi connectivity index (χ4v) is 4.57. The van der Waals surface area contributed by atoms with Gasteiger partial charge in [-0.1, -0.05) is 36.7 Å². The summed E-state index contributed by atoms with van der Waals surface area (Å²) in [6.07, 6.45) is 1.29. The summed E-state index contributed by atoms with van der Waals surface area (Å²) in [6.45, 7) is 9.15. The Morgan fingerprint density at radius 1 is 1.17 bits per heavy atom. The fourth-order valence-electron chi connectivity index (χ4n) is 3.27. The predicted molar refractivity (Wildman–Crippen MR) is 151 cm³/mol. The highest BCUT2D eigenvalue weighted by Crippen LogP contribution is 2.42. The van der Waals surface area contributed by atoms with Crippen LogP contribution in [-0.2, 0) is 14.9 Å². The van der Waals surface area contributed by atoms with Gasteiger partial charge in [0.05, 0.1) is 34.8 Å². The van der Waals surface area contributed by atoms with Crippen LogP contribution in [0.5, 0.6) is 11.5 Å². The van der Waals surface area contributed by atoms with Crippen LogP contribution in [0.2, 0.25) is 0 Å². The molecule has 0 fully saturated rings. The van der Waals surface area contributed by atoms with Crippen LogP contribution >= 0.6 is 47.8 Å². The maximum absolute atomic E-state index is 13.4. The van der Waals surface area contributed by atoms with Crippen LogP contribution in [0.4, 0.5) is 0 Å². The number of nitrogens with zero attached hydrogens (tertiary/aromatic N) is 3. The second kappa shape index (κ2) is 11.4. The number of halogens is 3. The van der Waals surface area contributed by atoms with Gasteiger partial charge in [0, 0.05) is 19.9 Å². The lowest BCUT2D eigenvalue weighted by molar-refractivity contribution is -0.149. The van der Waals surface area contributed by atoms with E-state index in [-0.39, 0.29) is 18.3 Å². The number of fused-ring (bicyclic) bond motifs is 1. The van der Waals surface area contributed by atoms with E-state index in [1.54, 1.807) is 32.0 Å². The largest absolute Gasteiger partial charge is 0.493 e. The van der Waals surface area contributed by atoms with Gasteiger partial charge in [0.25, 0.3) is 5.56 Å². The van der Waals surface area contributed by atoms with Crippen molar-refractivity contribution >= 4 is 70.9 Å². The zero-order valence-corrected chi connectivity index (χ0v) is 25.4. The second-order valence-electron chi connectivity index (χ2n) is 9.16. The van der Waals surface area contributed by atoms with Crippen LogP contribution < -0.4 is 15.0 Å². The molecule has 0 amide bonds. The van der Waals surface area contributed by atoms with Gasteiger partial charge in [0.1, 0.15) is 5.82 Å². The number of carbonyl (C=O) groups excluding carboxylic acids is 1. The molecule has 8 nitrogen and oxygen atoms in total. The van der Waals surface area contributed by atoms with Gasteiger partial charge in [-0.2, -0.15) is 9.78 Å². The maximum atomic E-state index is 13.4. The molecule has 36 heavy (non-hydrogen) atoms. The highest BCUT2D eigenvalue weighted by Gasteiger charge is 2.23. The number of carbonyl (C=O) groups is 1. The first-order chi connectivity index (χ1) is 16.8. The topological polar surface area (TPSA) is 92.0 Å². The van der Waals surface area contributed by atoms with Crippen molar-refractivity contribution in [2.75, 3.05) is 13.7 Å². The highest BCUT2D eigenvalue weighted by atomic mass is 79.9. The maximum Gasteiger partial charge on any atom is 0.344 e. The number of aromatic nitrogens is 2. The Morgan fingerprint density at radius 2 is 1.86 bits per heavy atom. The molecular formula is C25H26Br3N3O5. The minimum Gasteiger partial charge on any atom is -0.493 e. The molecule has 0 saturated heterocycles. The molecule has 3 rings (SSSR count). The van der Waals surface area contributed by atoms with E-state index < -0.39 is 11.4 Å². The third kappa shape index (κ3) is 6.36. The molecule has 3 aromatic rings. The second-order valence-corrected chi connectivity index (χ2v) is 11.7. The van der Waals surface area contributed by atoms with E-state index in [9.17, 15) is 9.59 Å². The fraction of sp³-hybridized carbons (Fsp3) is 0.360. The summed E-state index contributed by atoms with van der Waals surface area (Å²) in [7, 11) is 1.49. The van der Waals surface area contributed by atoms with E-state index in [4.69, 9.17) is 19.2 Å². The number of ether oxygens (including phenoxy) is 3. The number of methoxy groups -OCH3 is 1.